The summed E-state index contributed by atoms with van der Waals surface area (Å²) < 4.78 is 5.28. The third-order valence-corrected chi connectivity index (χ3v) is 3.74. The number of aryl methyl sites for hydroxylation is 1. The molecule has 4 heteroatoms. The molecular formula is C15H22N2O2. The SMILES string of the molecule is COc1cc(C)ccc1NC(=O)CC1(N)CCCC1. The van der Waals surface area contributed by atoms with E-state index >= 15 is 0 Å². The number of amides is 1. The zero-order chi connectivity index (χ0) is 13.9. The number of rotatable bonds is 4. The highest BCUT2D eigenvalue weighted by Crippen LogP contribution is 2.31. The van der Waals surface area contributed by atoms with Gasteiger partial charge in [0.1, 0.15) is 5.75 Å². The molecule has 0 unspecified atom stereocenters. The lowest BCUT2D eigenvalue weighted by atomic mass is 9.94. The molecular weight excluding hydrogens is 240 g/mol. The molecule has 1 aromatic carbocycles. The van der Waals surface area contributed by atoms with Gasteiger partial charge < -0.3 is 15.8 Å². The first-order chi connectivity index (χ1) is 9.02. The Hall–Kier alpha value is -1.55. The molecule has 0 aromatic heterocycles. The summed E-state index contributed by atoms with van der Waals surface area (Å²) in [7, 11) is 1.60. The molecule has 19 heavy (non-hydrogen) atoms. The number of ether oxygens (including phenoxy) is 1. The summed E-state index contributed by atoms with van der Waals surface area (Å²) in [4.78, 5) is 12.1. The van der Waals surface area contributed by atoms with E-state index in [1.165, 1.54) is 0 Å². The Morgan fingerprint density at radius 3 is 2.74 bits per heavy atom. The van der Waals surface area contributed by atoms with Crippen LogP contribution < -0.4 is 15.8 Å². The Bertz CT molecular complexity index is 465. The monoisotopic (exact) mass is 262 g/mol. The number of nitrogens with one attached hydrogen (secondary N) is 1. The lowest BCUT2D eigenvalue weighted by Gasteiger charge is -2.22. The molecule has 104 valence electrons. The van der Waals surface area contributed by atoms with Crippen LogP contribution in [0.3, 0.4) is 0 Å². The minimum Gasteiger partial charge on any atom is -0.495 e. The van der Waals surface area contributed by atoms with E-state index in [0.29, 0.717) is 17.9 Å². The van der Waals surface area contributed by atoms with Gasteiger partial charge in [0.2, 0.25) is 5.91 Å². The second-order valence-corrected chi connectivity index (χ2v) is 5.50. The van der Waals surface area contributed by atoms with Crippen LogP contribution in [0.1, 0.15) is 37.7 Å². The molecule has 0 heterocycles. The molecule has 0 spiro atoms. The largest absolute Gasteiger partial charge is 0.495 e. The summed E-state index contributed by atoms with van der Waals surface area (Å²) in [5.41, 5.74) is 7.70. The topological polar surface area (TPSA) is 64.3 Å². The van der Waals surface area contributed by atoms with Gasteiger partial charge in [0.25, 0.3) is 0 Å². The van der Waals surface area contributed by atoms with E-state index in [1.807, 2.05) is 25.1 Å². The van der Waals surface area contributed by atoms with Crippen LogP contribution in [0.2, 0.25) is 0 Å². The molecule has 1 amide bonds. The van der Waals surface area contributed by atoms with Crippen molar-refractivity contribution < 1.29 is 9.53 Å². The highest BCUT2D eigenvalue weighted by atomic mass is 16.5. The van der Waals surface area contributed by atoms with Crippen molar-refractivity contribution in [2.45, 2.75) is 44.6 Å². The van der Waals surface area contributed by atoms with Gasteiger partial charge in [-0.1, -0.05) is 18.9 Å². The maximum atomic E-state index is 12.1. The summed E-state index contributed by atoms with van der Waals surface area (Å²) in [6.07, 6.45) is 4.50. The summed E-state index contributed by atoms with van der Waals surface area (Å²) in [5.74, 6) is 0.650. The molecule has 4 nitrogen and oxygen atoms in total. The Morgan fingerprint density at radius 2 is 2.11 bits per heavy atom. The van der Waals surface area contributed by atoms with E-state index < -0.39 is 0 Å². The quantitative estimate of drug-likeness (QED) is 0.876. The second kappa shape index (κ2) is 5.61. The van der Waals surface area contributed by atoms with E-state index in [4.69, 9.17) is 10.5 Å². The van der Waals surface area contributed by atoms with Gasteiger partial charge in [0, 0.05) is 12.0 Å². The number of anilines is 1. The molecule has 0 saturated heterocycles. The van der Waals surface area contributed by atoms with Crippen molar-refractivity contribution >= 4 is 11.6 Å². The molecule has 2 rings (SSSR count). The molecule has 3 N–H and O–H groups in total. The molecule has 0 aliphatic heterocycles. The zero-order valence-electron chi connectivity index (χ0n) is 11.7. The molecule has 0 radical (unpaired) electrons. The van der Waals surface area contributed by atoms with Crippen molar-refractivity contribution in [1.82, 2.24) is 0 Å². The van der Waals surface area contributed by atoms with Crippen LogP contribution in [0.5, 0.6) is 5.75 Å². The molecule has 1 aromatic rings. The van der Waals surface area contributed by atoms with Crippen molar-refractivity contribution in [2.24, 2.45) is 5.73 Å². The Morgan fingerprint density at radius 1 is 1.42 bits per heavy atom. The number of benzene rings is 1. The summed E-state index contributed by atoms with van der Waals surface area (Å²) in [6, 6.07) is 5.72. The first-order valence-electron chi connectivity index (χ1n) is 6.76. The maximum absolute atomic E-state index is 12.1. The van der Waals surface area contributed by atoms with Crippen LogP contribution in [-0.4, -0.2) is 18.6 Å². The fraction of sp³-hybridized carbons (Fsp3) is 0.533. The Balaban J connectivity index is 2.02. The van der Waals surface area contributed by atoms with E-state index in [-0.39, 0.29) is 11.4 Å². The standard InChI is InChI=1S/C15H22N2O2/c1-11-5-6-12(13(9-11)19-2)17-14(18)10-15(16)7-3-4-8-15/h5-6,9H,3-4,7-8,10,16H2,1-2H3,(H,17,18). The van der Waals surface area contributed by atoms with Crippen molar-refractivity contribution in [3.8, 4) is 5.75 Å². The lowest BCUT2D eigenvalue weighted by molar-refractivity contribution is -0.117. The third kappa shape index (κ3) is 3.47. The maximum Gasteiger partial charge on any atom is 0.226 e. The predicted octanol–water partition coefficient (Wildman–Crippen LogP) is 2.60. The van der Waals surface area contributed by atoms with Crippen LogP contribution >= 0.6 is 0 Å². The van der Waals surface area contributed by atoms with Crippen molar-refractivity contribution in [3.63, 3.8) is 0 Å². The minimum atomic E-state index is -0.317. The lowest BCUT2D eigenvalue weighted by Crippen LogP contribution is -2.40. The van der Waals surface area contributed by atoms with Gasteiger partial charge in [-0.05, 0) is 37.5 Å². The van der Waals surface area contributed by atoms with Crippen LogP contribution in [-0.2, 0) is 4.79 Å². The van der Waals surface area contributed by atoms with Crippen molar-refractivity contribution in [2.75, 3.05) is 12.4 Å². The minimum absolute atomic E-state index is 0.0356. The number of carbonyl (C=O) groups excluding carboxylic acids is 1. The number of nitrogens with two attached hydrogens (primary N) is 1. The first kappa shape index (κ1) is 13.9. The summed E-state index contributed by atoms with van der Waals surface area (Å²) in [5, 5.41) is 2.90. The van der Waals surface area contributed by atoms with Crippen LogP contribution in [0.25, 0.3) is 0 Å². The van der Waals surface area contributed by atoms with Gasteiger partial charge >= 0.3 is 0 Å². The van der Waals surface area contributed by atoms with Gasteiger partial charge in [-0.2, -0.15) is 0 Å². The number of methoxy groups -OCH3 is 1. The van der Waals surface area contributed by atoms with E-state index in [0.717, 1.165) is 31.2 Å². The predicted molar refractivity (Wildman–Crippen MR) is 76.4 cm³/mol. The fourth-order valence-corrected chi connectivity index (χ4v) is 2.67. The smallest absolute Gasteiger partial charge is 0.226 e. The van der Waals surface area contributed by atoms with Crippen LogP contribution in [0.15, 0.2) is 18.2 Å². The molecule has 1 fully saturated rings. The van der Waals surface area contributed by atoms with E-state index in [1.54, 1.807) is 7.11 Å². The number of carbonyl (C=O) groups is 1. The van der Waals surface area contributed by atoms with Crippen molar-refractivity contribution in [3.05, 3.63) is 23.8 Å². The molecule has 0 atom stereocenters. The Kier molecular flexibility index (Phi) is 4.10. The van der Waals surface area contributed by atoms with Crippen molar-refractivity contribution in [1.29, 1.82) is 0 Å². The van der Waals surface area contributed by atoms with Gasteiger partial charge in [0.15, 0.2) is 0 Å². The summed E-state index contributed by atoms with van der Waals surface area (Å²) in [6.45, 7) is 1.99. The third-order valence-electron chi connectivity index (χ3n) is 3.74. The number of hydrogen-bond acceptors (Lipinski definition) is 3. The highest BCUT2D eigenvalue weighted by molar-refractivity contribution is 5.93. The van der Waals surface area contributed by atoms with Crippen LogP contribution in [0, 0.1) is 6.92 Å². The second-order valence-electron chi connectivity index (χ2n) is 5.50. The van der Waals surface area contributed by atoms with Gasteiger partial charge in [-0.3, -0.25) is 4.79 Å². The molecule has 1 aliphatic rings. The first-order valence-corrected chi connectivity index (χ1v) is 6.76. The van der Waals surface area contributed by atoms with E-state index in [2.05, 4.69) is 5.32 Å². The van der Waals surface area contributed by atoms with Gasteiger partial charge in [-0.15, -0.1) is 0 Å². The zero-order valence-corrected chi connectivity index (χ0v) is 11.7. The normalized spacial score (nSPS) is 17.2. The number of hydrogen-bond donors (Lipinski definition) is 2. The Labute approximate surface area is 114 Å². The van der Waals surface area contributed by atoms with Crippen LogP contribution in [0.4, 0.5) is 5.69 Å². The van der Waals surface area contributed by atoms with Gasteiger partial charge in [0.05, 0.1) is 12.8 Å². The fourth-order valence-electron chi connectivity index (χ4n) is 2.67. The summed E-state index contributed by atoms with van der Waals surface area (Å²) >= 11 is 0. The average Bonchev–Trinajstić information content (AvgIpc) is 2.77. The van der Waals surface area contributed by atoms with E-state index in [9.17, 15) is 4.79 Å². The molecule has 0 bridgehead atoms. The molecule has 1 saturated carbocycles. The van der Waals surface area contributed by atoms with Gasteiger partial charge in [-0.25, -0.2) is 0 Å². The average molecular weight is 262 g/mol. The molecule has 1 aliphatic carbocycles. The highest BCUT2D eigenvalue weighted by Gasteiger charge is 2.31.